The SMILES string of the molecule is COc1ccc(-n2ncc3c(=O)[nH]c(SCc4cc(OC)cc(OC)c4)nc32)cc1. The van der Waals surface area contributed by atoms with Crippen molar-refractivity contribution < 1.29 is 14.2 Å². The molecule has 0 aliphatic rings. The second kappa shape index (κ2) is 8.50. The number of hydrogen-bond donors (Lipinski definition) is 1. The molecule has 4 aromatic rings. The van der Waals surface area contributed by atoms with Gasteiger partial charge in [0.25, 0.3) is 5.56 Å². The summed E-state index contributed by atoms with van der Waals surface area (Å²) in [4.78, 5) is 20.0. The lowest BCUT2D eigenvalue weighted by atomic mass is 10.2. The van der Waals surface area contributed by atoms with Gasteiger partial charge in [0.1, 0.15) is 22.6 Å². The molecule has 2 heterocycles. The Morgan fingerprint density at radius 1 is 0.967 bits per heavy atom. The summed E-state index contributed by atoms with van der Waals surface area (Å²) in [7, 11) is 4.83. The Hall–Kier alpha value is -3.46. The van der Waals surface area contributed by atoms with E-state index in [0.29, 0.717) is 33.4 Å². The summed E-state index contributed by atoms with van der Waals surface area (Å²) in [6.45, 7) is 0. The molecule has 0 saturated carbocycles. The highest BCUT2D eigenvalue weighted by atomic mass is 32.2. The highest BCUT2D eigenvalue weighted by Crippen LogP contribution is 2.27. The molecule has 0 amide bonds. The number of fused-ring (bicyclic) bond motifs is 1. The normalized spacial score (nSPS) is 10.9. The first-order chi connectivity index (χ1) is 14.6. The number of methoxy groups -OCH3 is 3. The summed E-state index contributed by atoms with van der Waals surface area (Å²) < 4.78 is 17.5. The van der Waals surface area contributed by atoms with Crippen molar-refractivity contribution in [3.63, 3.8) is 0 Å². The van der Waals surface area contributed by atoms with Crippen LogP contribution in [0.5, 0.6) is 17.2 Å². The zero-order valence-corrected chi connectivity index (χ0v) is 17.5. The minimum Gasteiger partial charge on any atom is -0.497 e. The molecule has 4 rings (SSSR count). The van der Waals surface area contributed by atoms with Crippen molar-refractivity contribution in [1.29, 1.82) is 0 Å². The molecule has 0 atom stereocenters. The van der Waals surface area contributed by atoms with Gasteiger partial charge in [0.05, 0.1) is 33.2 Å². The lowest BCUT2D eigenvalue weighted by Gasteiger charge is -2.08. The van der Waals surface area contributed by atoms with E-state index in [0.717, 1.165) is 17.0 Å². The van der Waals surface area contributed by atoms with Crippen molar-refractivity contribution in [2.75, 3.05) is 21.3 Å². The fourth-order valence-electron chi connectivity index (χ4n) is 2.98. The molecule has 8 nitrogen and oxygen atoms in total. The van der Waals surface area contributed by atoms with Crippen LogP contribution >= 0.6 is 11.8 Å². The van der Waals surface area contributed by atoms with E-state index in [1.54, 1.807) is 26.0 Å². The Balaban J connectivity index is 1.65. The first kappa shape index (κ1) is 19.8. The predicted octanol–water partition coefficient (Wildman–Crippen LogP) is 3.43. The number of rotatable bonds is 7. The summed E-state index contributed by atoms with van der Waals surface area (Å²) >= 11 is 1.42. The first-order valence-corrected chi connectivity index (χ1v) is 10.1. The molecule has 0 fully saturated rings. The van der Waals surface area contributed by atoms with Gasteiger partial charge in [-0.25, -0.2) is 9.67 Å². The van der Waals surface area contributed by atoms with Gasteiger partial charge in [-0.1, -0.05) is 11.8 Å². The smallest absolute Gasteiger partial charge is 0.262 e. The van der Waals surface area contributed by atoms with E-state index in [4.69, 9.17) is 14.2 Å². The summed E-state index contributed by atoms with van der Waals surface area (Å²) in [5, 5.41) is 5.27. The van der Waals surface area contributed by atoms with Gasteiger partial charge < -0.3 is 19.2 Å². The second-order valence-electron chi connectivity index (χ2n) is 6.37. The maximum absolute atomic E-state index is 12.5. The van der Waals surface area contributed by atoms with Crippen LogP contribution in [0.1, 0.15) is 5.56 Å². The van der Waals surface area contributed by atoms with Gasteiger partial charge >= 0.3 is 0 Å². The predicted molar refractivity (Wildman–Crippen MR) is 115 cm³/mol. The minimum atomic E-state index is -0.231. The van der Waals surface area contributed by atoms with Crippen molar-refractivity contribution in [2.24, 2.45) is 0 Å². The summed E-state index contributed by atoms with van der Waals surface area (Å²) in [5.74, 6) is 2.74. The van der Waals surface area contributed by atoms with Gasteiger partial charge in [-0.3, -0.25) is 4.79 Å². The number of aromatic amines is 1. The van der Waals surface area contributed by atoms with E-state index in [1.807, 2.05) is 42.5 Å². The average Bonchev–Trinajstić information content (AvgIpc) is 3.22. The lowest BCUT2D eigenvalue weighted by molar-refractivity contribution is 0.393. The van der Waals surface area contributed by atoms with Crippen LogP contribution < -0.4 is 19.8 Å². The van der Waals surface area contributed by atoms with Crippen molar-refractivity contribution >= 4 is 22.8 Å². The molecule has 0 unspecified atom stereocenters. The average molecular weight is 424 g/mol. The molecular weight excluding hydrogens is 404 g/mol. The van der Waals surface area contributed by atoms with Crippen LogP contribution in [0.2, 0.25) is 0 Å². The Labute approximate surface area is 176 Å². The van der Waals surface area contributed by atoms with Crippen LogP contribution in [0, 0.1) is 0 Å². The van der Waals surface area contributed by atoms with Crippen LogP contribution in [0.15, 0.2) is 58.6 Å². The van der Waals surface area contributed by atoms with Crippen molar-refractivity contribution in [3.05, 3.63) is 64.6 Å². The zero-order valence-electron chi connectivity index (χ0n) is 16.7. The van der Waals surface area contributed by atoms with Gasteiger partial charge in [-0.15, -0.1) is 0 Å². The number of nitrogens with one attached hydrogen (secondary N) is 1. The first-order valence-electron chi connectivity index (χ1n) is 9.08. The molecule has 1 N–H and O–H groups in total. The van der Waals surface area contributed by atoms with Crippen LogP contribution in [-0.2, 0) is 5.75 Å². The van der Waals surface area contributed by atoms with E-state index in [2.05, 4.69) is 15.1 Å². The van der Waals surface area contributed by atoms with Crippen LogP contribution in [0.3, 0.4) is 0 Å². The highest BCUT2D eigenvalue weighted by molar-refractivity contribution is 7.98. The Kier molecular flexibility index (Phi) is 5.62. The van der Waals surface area contributed by atoms with Crippen molar-refractivity contribution in [2.45, 2.75) is 10.9 Å². The molecule has 0 radical (unpaired) electrons. The number of aromatic nitrogens is 4. The fraction of sp³-hybridized carbons (Fsp3) is 0.190. The standard InChI is InChI=1S/C21H20N4O4S/c1-27-15-6-4-14(5-7-15)25-19-18(11-22-25)20(26)24-21(23-19)30-12-13-8-16(28-2)10-17(9-13)29-3/h4-11H,12H2,1-3H3,(H,23,24,26). The van der Waals surface area contributed by atoms with E-state index in [1.165, 1.54) is 18.0 Å². The largest absolute Gasteiger partial charge is 0.497 e. The third-order valence-electron chi connectivity index (χ3n) is 4.52. The van der Waals surface area contributed by atoms with Gasteiger partial charge in [0, 0.05) is 11.8 Å². The molecule has 0 saturated heterocycles. The maximum atomic E-state index is 12.5. The van der Waals surface area contributed by atoms with E-state index in [9.17, 15) is 4.79 Å². The Bertz CT molecular complexity index is 1210. The number of benzene rings is 2. The Morgan fingerprint density at radius 3 is 2.27 bits per heavy atom. The molecule has 0 aliphatic heterocycles. The number of H-pyrrole nitrogens is 1. The number of thioether (sulfide) groups is 1. The number of hydrogen-bond acceptors (Lipinski definition) is 7. The molecule has 2 aromatic carbocycles. The third kappa shape index (κ3) is 3.97. The van der Waals surface area contributed by atoms with E-state index in [-0.39, 0.29) is 5.56 Å². The van der Waals surface area contributed by atoms with Gasteiger partial charge in [-0.2, -0.15) is 5.10 Å². The fourth-order valence-corrected chi connectivity index (χ4v) is 3.77. The molecule has 9 heteroatoms. The second-order valence-corrected chi connectivity index (χ2v) is 7.34. The lowest BCUT2D eigenvalue weighted by Crippen LogP contribution is -2.09. The van der Waals surface area contributed by atoms with Crippen molar-refractivity contribution in [1.82, 2.24) is 19.7 Å². The number of nitrogens with zero attached hydrogens (tertiary/aromatic N) is 3. The van der Waals surface area contributed by atoms with Crippen LogP contribution in [-0.4, -0.2) is 41.1 Å². The molecule has 2 aromatic heterocycles. The molecule has 30 heavy (non-hydrogen) atoms. The highest BCUT2D eigenvalue weighted by Gasteiger charge is 2.12. The Morgan fingerprint density at radius 2 is 1.63 bits per heavy atom. The third-order valence-corrected chi connectivity index (χ3v) is 5.46. The van der Waals surface area contributed by atoms with Crippen LogP contribution in [0.4, 0.5) is 0 Å². The minimum absolute atomic E-state index is 0.231. The van der Waals surface area contributed by atoms with Gasteiger partial charge in [0.2, 0.25) is 0 Å². The summed E-state index contributed by atoms with van der Waals surface area (Å²) in [6.07, 6.45) is 1.52. The molecule has 0 bridgehead atoms. The molecule has 154 valence electrons. The monoisotopic (exact) mass is 424 g/mol. The molecule has 0 aliphatic carbocycles. The van der Waals surface area contributed by atoms with Gasteiger partial charge in [-0.05, 0) is 42.0 Å². The zero-order chi connectivity index (χ0) is 21.1. The quantitative estimate of drug-likeness (QED) is 0.359. The maximum Gasteiger partial charge on any atom is 0.262 e. The van der Waals surface area contributed by atoms with Gasteiger partial charge in [0.15, 0.2) is 10.8 Å². The van der Waals surface area contributed by atoms with E-state index >= 15 is 0 Å². The summed E-state index contributed by atoms with van der Waals surface area (Å²) in [5.41, 5.74) is 2.04. The molecule has 0 spiro atoms. The van der Waals surface area contributed by atoms with Crippen LogP contribution in [0.25, 0.3) is 16.7 Å². The summed E-state index contributed by atoms with van der Waals surface area (Å²) in [6, 6.07) is 13.1. The topological polar surface area (TPSA) is 91.3 Å². The number of ether oxygens (including phenoxy) is 3. The van der Waals surface area contributed by atoms with Crippen molar-refractivity contribution in [3.8, 4) is 22.9 Å². The van der Waals surface area contributed by atoms with E-state index < -0.39 is 0 Å². The molecular formula is C21H20N4O4S.